The summed E-state index contributed by atoms with van der Waals surface area (Å²) in [5.74, 6) is 0.519. The van der Waals surface area contributed by atoms with Gasteiger partial charge in [-0.1, -0.05) is 62.6 Å². The fourth-order valence-electron chi connectivity index (χ4n) is 2.12. The lowest BCUT2D eigenvalue weighted by atomic mass is 10.1. The number of ether oxygens (including phenoxy) is 1. The molecule has 0 fully saturated rings. The van der Waals surface area contributed by atoms with Crippen LogP contribution in [0, 0.1) is 0 Å². The highest BCUT2D eigenvalue weighted by atomic mass is 32.1. The molecule has 0 atom stereocenters. The van der Waals surface area contributed by atoms with Crippen molar-refractivity contribution in [2.24, 2.45) is 0 Å². The normalized spacial score (nSPS) is 11.9. The zero-order valence-corrected chi connectivity index (χ0v) is 15.6. The van der Waals surface area contributed by atoms with Gasteiger partial charge in [-0.2, -0.15) is 12.6 Å². The highest BCUT2D eigenvalue weighted by molar-refractivity contribution is 7.80. The van der Waals surface area contributed by atoms with E-state index in [1.165, 1.54) is 19.3 Å². The Kier molecular flexibility index (Phi) is 18.3. The van der Waals surface area contributed by atoms with Crippen LogP contribution in [-0.2, 0) is 9.53 Å². The van der Waals surface area contributed by atoms with E-state index in [2.05, 4.69) is 56.0 Å². The molecule has 0 saturated carbocycles. The van der Waals surface area contributed by atoms with E-state index in [1.807, 2.05) is 0 Å². The Morgan fingerprint density at radius 1 is 0.870 bits per heavy atom. The van der Waals surface area contributed by atoms with Crippen molar-refractivity contribution in [2.45, 2.75) is 71.1 Å². The van der Waals surface area contributed by atoms with Crippen molar-refractivity contribution in [2.75, 3.05) is 12.4 Å². The maximum Gasteiger partial charge on any atom is 0.305 e. The van der Waals surface area contributed by atoms with Gasteiger partial charge >= 0.3 is 5.97 Å². The second kappa shape index (κ2) is 19.1. The Morgan fingerprint density at radius 2 is 1.48 bits per heavy atom. The highest BCUT2D eigenvalue weighted by Gasteiger charge is 2.01. The second-order valence-corrected chi connectivity index (χ2v) is 5.99. The van der Waals surface area contributed by atoms with E-state index >= 15 is 0 Å². The third kappa shape index (κ3) is 19.0. The topological polar surface area (TPSA) is 26.3 Å². The number of thiol groups is 1. The molecule has 0 rings (SSSR count). The van der Waals surface area contributed by atoms with Crippen molar-refractivity contribution in [1.82, 2.24) is 0 Å². The van der Waals surface area contributed by atoms with Crippen LogP contribution in [-0.4, -0.2) is 18.3 Å². The molecular formula is C20H34O2S. The summed E-state index contributed by atoms with van der Waals surface area (Å²) in [6.45, 7) is 2.58. The van der Waals surface area contributed by atoms with Gasteiger partial charge in [-0.05, 0) is 38.5 Å². The average Bonchev–Trinajstić information content (AvgIpc) is 2.56. The summed E-state index contributed by atoms with van der Waals surface area (Å²) < 4.78 is 4.98. The first-order valence-electron chi connectivity index (χ1n) is 9.02. The number of carbonyl (C=O) groups is 1. The largest absolute Gasteiger partial charge is 0.465 e. The molecule has 0 saturated heterocycles. The number of esters is 1. The van der Waals surface area contributed by atoms with Gasteiger partial charge in [0.2, 0.25) is 0 Å². The van der Waals surface area contributed by atoms with Crippen molar-refractivity contribution in [3.8, 4) is 0 Å². The number of carbonyl (C=O) groups excluding carboxylic acids is 1. The van der Waals surface area contributed by atoms with Gasteiger partial charge in [-0.15, -0.1) is 0 Å². The zero-order chi connectivity index (χ0) is 17.0. The molecule has 2 nitrogen and oxygen atoms in total. The maximum absolute atomic E-state index is 11.3. The molecule has 0 aromatic heterocycles. The lowest BCUT2D eigenvalue weighted by Gasteiger charge is -2.02. The Hall–Kier alpha value is -0.960. The fraction of sp³-hybridized carbons (Fsp3) is 0.650. The van der Waals surface area contributed by atoms with Crippen molar-refractivity contribution >= 4 is 18.6 Å². The quantitative estimate of drug-likeness (QED) is 0.170. The van der Waals surface area contributed by atoms with Crippen molar-refractivity contribution in [3.63, 3.8) is 0 Å². The Morgan fingerprint density at radius 3 is 2.17 bits per heavy atom. The summed E-state index contributed by atoms with van der Waals surface area (Å²) in [6, 6.07) is 0. The van der Waals surface area contributed by atoms with Crippen molar-refractivity contribution in [3.05, 3.63) is 36.5 Å². The average molecular weight is 339 g/mol. The Labute approximate surface area is 148 Å². The minimum absolute atomic E-state index is 0.0831. The Balaban J connectivity index is 3.28. The second-order valence-electron chi connectivity index (χ2n) is 5.54. The third-order valence-corrected chi connectivity index (χ3v) is 3.57. The van der Waals surface area contributed by atoms with Gasteiger partial charge in [-0.25, -0.2) is 0 Å². The van der Waals surface area contributed by atoms with Gasteiger partial charge in [0.1, 0.15) is 6.61 Å². The van der Waals surface area contributed by atoms with Crippen LogP contribution < -0.4 is 0 Å². The van der Waals surface area contributed by atoms with Gasteiger partial charge in [0.25, 0.3) is 0 Å². The number of allylic oxidation sites excluding steroid dienone is 6. The molecule has 0 N–H and O–H groups in total. The number of rotatable bonds is 15. The highest BCUT2D eigenvalue weighted by Crippen LogP contribution is 2.08. The first-order valence-corrected chi connectivity index (χ1v) is 9.66. The molecular weight excluding hydrogens is 304 g/mol. The number of hydrogen-bond acceptors (Lipinski definition) is 3. The molecule has 3 heteroatoms. The lowest BCUT2D eigenvalue weighted by molar-refractivity contribution is -0.143. The molecule has 0 spiro atoms. The van der Waals surface area contributed by atoms with Crippen LogP contribution in [0.2, 0.25) is 0 Å². The third-order valence-electron chi connectivity index (χ3n) is 3.39. The molecule has 0 unspecified atom stereocenters. The molecule has 132 valence electrons. The molecule has 23 heavy (non-hydrogen) atoms. The van der Waals surface area contributed by atoms with E-state index in [1.54, 1.807) is 0 Å². The van der Waals surface area contributed by atoms with Crippen molar-refractivity contribution in [1.29, 1.82) is 0 Å². The summed E-state index contributed by atoms with van der Waals surface area (Å²) in [5.41, 5.74) is 0. The van der Waals surface area contributed by atoms with E-state index < -0.39 is 0 Å². The number of hydrogen-bond donors (Lipinski definition) is 1. The summed E-state index contributed by atoms with van der Waals surface area (Å²) in [4.78, 5) is 11.3. The SMILES string of the molecule is CCC=CCC=CCC=CCCCCCCCC(=O)OCCS. The van der Waals surface area contributed by atoms with E-state index in [0.29, 0.717) is 18.8 Å². The predicted octanol–water partition coefficient (Wildman–Crippen LogP) is 6.05. The van der Waals surface area contributed by atoms with Gasteiger partial charge < -0.3 is 4.74 Å². The molecule has 0 aromatic rings. The van der Waals surface area contributed by atoms with Crippen LogP contribution >= 0.6 is 12.6 Å². The standard InChI is InChI=1S/C20H34O2S/c1-2-3-4-5-6-7-8-9-10-11-12-13-14-15-16-17-20(21)22-18-19-23/h3-4,6-7,9-10,23H,2,5,8,11-19H2,1H3. The predicted molar refractivity (Wildman–Crippen MR) is 104 cm³/mol. The molecule has 0 aliphatic heterocycles. The van der Waals surface area contributed by atoms with E-state index in [4.69, 9.17) is 4.74 Å². The summed E-state index contributed by atoms with van der Waals surface area (Å²) >= 11 is 4.01. The van der Waals surface area contributed by atoms with Gasteiger partial charge in [-0.3, -0.25) is 4.79 Å². The van der Waals surface area contributed by atoms with Crippen LogP contribution in [0.1, 0.15) is 71.1 Å². The van der Waals surface area contributed by atoms with Gasteiger partial charge in [0.15, 0.2) is 0 Å². The fourth-order valence-corrected chi connectivity index (χ4v) is 2.21. The maximum atomic E-state index is 11.3. The molecule has 0 bridgehead atoms. The van der Waals surface area contributed by atoms with E-state index in [0.717, 1.165) is 38.5 Å². The first-order chi connectivity index (χ1) is 11.3. The minimum Gasteiger partial charge on any atom is -0.465 e. The number of unbranched alkanes of at least 4 members (excludes halogenated alkanes) is 5. The summed E-state index contributed by atoms with van der Waals surface area (Å²) in [5, 5.41) is 0. The van der Waals surface area contributed by atoms with Crippen LogP contribution in [0.3, 0.4) is 0 Å². The van der Waals surface area contributed by atoms with Crippen LogP contribution in [0.25, 0.3) is 0 Å². The molecule has 0 aromatic carbocycles. The lowest BCUT2D eigenvalue weighted by Crippen LogP contribution is -2.06. The van der Waals surface area contributed by atoms with Gasteiger partial charge in [0.05, 0.1) is 0 Å². The smallest absolute Gasteiger partial charge is 0.305 e. The zero-order valence-electron chi connectivity index (χ0n) is 14.7. The van der Waals surface area contributed by atoms with Crippen molar-refractivity contribution < 1.29 is 9.53 Å². The van der Waals surface area contributed by atoms with E-state index in [-0.39, 0.29) is 5.97 Å². The molecule has 0 aliphatic rings. The molecule has 0 aliphatic carbocycles. The van der Waals surface area contributed by atoms with Crippen LogP contribution in [0.5, 0.6) is 0 Å². The van der Waals surface area contributed by atoms with Crippen LogP contribution in [0.15, 0.2) is 36.5 Å². The molecule has 0 amide bonds. The Bertz CT molecular complexity index is 346. The van der Waals surface area contributed by atoms with Gasteiger partial charge in [0, 0.05) is 12.2 Å². The van der Waals surface area contributed by atoms with Crippen LogP contribution in [0.4, 0.5) is 0 Å². The molecule has 0 radical (unpaired) electrons. The monoisotopic (exact) mass is 338 g/mol. The minimum atomic E-state index is -0.0831. The van der Waals surface area contributed by atoms with E-state index in [9.17, 15) is 4.79 Å². The summed E-state index contributed by atoms with van der Waals surface area (Å²) in [6.07, 6.45) is 24.0. The molecule has 0 heterocycles. The summed E-state index contributed by atoms with van der Waals surface area (Å²) in [7, 11) is 0. The first kappa shape index (κ1) is 22.0.